The molecule has 0 N–H and O–H groups in total. The number of hydrogen-bond acceptors (Lipinski definition) is 2. The lowest BCUT2D eigenvalue weighted by Gasteiger charge is -2.42. The van der Waals surface area contributed by atoms with Gasteiger partial charge in [-0.2, -0.15) is 0 Å². The fraction of sp³-hybridized carbons (Fsp3) is 0.714. The van der Waals surface area contributed by atoms with Gasteiger partial charge < -0.3 is 0 Å². The molecule has 3 amide bonds. The lowest BCUT2D eigenvalue weighted by Crippen LogP contribution is -2.56. The van der Waals surface area contributed by atoms with Crippen LogP contribution in [0.4, 0.5) is 4.79 Å². The number of fused-ring (bicyclic) bond motifs is 1. The minimum atomic E-state index is -0.117. The third-order valence-corrected chi connectivity index (χ3v) is 3.64. The Morgan fingerprint density at radius 1 is 1.17 bits per heavy atom. The number of carbonyl (C=O) groups excluding carboxylic acids is 2. The fourth-order valence-electron chi connectivity index (χ4n) is 2.83. The minimum absolute atomic E-state index is 0.0140. The molecule has 0 saturated carbocycles. The fourth-order valence-corrected chi connectivity index (χ4v) is 2.83. The van der Waals surface area contributed by atoms with Crippen LogP contribution in [0.15, 0.2) is 11.8 Å². The number of urea groups is 1. The van der Waals surface area contributed by atoms with Crippen LogP contribution in [0, 0.1) is 5.92 Å². The van der Waals surface area contributed by atoms with E-state index < -0.39 is 0 Å². The highest BCUT2D eigenvalue weighted by molar-refractivity contribution is 6.00. The minimum Gasteiger partial charge on any atom is -0.297 e. The Labute approximate surface area is 109 Å². The molecule has 1 unspecified atom stereocenters. The number of carbonyl (C=O) groups is 2. The average molecular weight is 250 g/mol. The van der Waals surface area contributed by atoms with Gasteiger partial charge in [-0.15, -0.1) is 0 Å². The van der Waals surface area contributed by atoms with Crippen molar-refractivity contribution in [1.29, 1.82) is 0 Å². The second-order valence-corrected chi connectivity index (χ2v) is 5.04. The first-order chi connectivity index (χ1) is 8.70. The third kappa shape index (κ3) is 2.16. The van der Waals surface area contributed by atoms with Crippen molar-refractivity contribution in [2.45, 2.75) is 46.0 Å². The molecule has 1 fully saturated rings. The van der Waals surface area contributed by atoms with Crippen molar-refractivity contribution in [2.75, 3.05) is 13.1 Å². The Morgan fingerprint density at radius 3 is 2.50 bits per heavy atom. The van der Waals surface area contributed by atoms with Crippen LogP contribution in [0.5, 0.6) is 0 Å². The molecular formula is C14H22N2O2. The summed E-state index contributed by atoms with van der Waals surface area (Å²) in [5, 5.41) is 0. The molecule has 0 spiro atoms. The zero-order valence-electron chi connectivity index (χ0n) is 11.3. The highest BCUT2D eigenvalue weighted by Gasteiger charge is 2.42. The molecule has 4 heteroatoms. The van der Waals surface area contributed by atoms with Gasteiger partial charge in [-0.25, -0.2) is 4.79 Å². The maximum absolute atomic E-state index is 12.4. The Hall–Kier alpha value is -1.32. The van der Waals surface area contributed by atoms with E-state index in [9.17, 15) is 9.59 Å². The van der Waals surface area contributed by atoms with E-state index in [2.05, 4.69) is 13.0 Å². The second-order valence-electron chi connectivity index (χ2n) is 5.04. The van der Waals surface area contributed by atoms with Gasteiger partial charge in [0.25, 0.3) is 0 Å². The van der Waals surface area contributed by atoms with E-state index >= 15 is 0 Å². The zero-order chi connectivity index (χ0) is 13.1. The molecular weight excluding hydrogens is 228 g/mol. The highest BCUT2D eigenvalue weighted by Crippen LogP contribution is 2.34. The molecule has 0 bridgehead atoms. The summed E-state index contributed by atoms with van der Waals surface area (Å²) in [6.07, 6.45) is 6.75. The van der Waals surface area contributed by atoms with Gasteiger partial charge in [0, 0.05) is 18.8 Å². The quantitative estimate of drug-likeness (QED) is 0.769. The topological polar surface area (TPSA) is 40.6 Å². The van der Waals surface area contributed by atoms with Crippen molar-refractivity contribution in [3.8, 4) is 0 Å². The maximum atomic E-state index is 12.4. The number of hydrogen-bond donors (Lipinski definition) is 0. The molecule has 1 aliphatic heterocycles. The van der Waals surface area contributed by atoms with Gasteiger partial charge in [-0.1, -0.05) is 19.9 Å². The Kier molecular flexibility index (Phi) is 4.04. The highest BCUT2D eigenvalue weighted by atomic mass is 16.2. The van der Waals surface area contributed by atoms with Crippen LogP contribution in [0.2, 0.25) is 0 Å². The van der Waals surface area contributed by atoms with Crippen molar-refractivity contribution in [3.05, 3.63) is 11.8 Å². The number of amides is 3. The second kappa shape index (κ2) is 5.55. The number of nitrogens with zero attached hydrogens (tertiary/aromatic N) is 2. The van der Waals surface area contributed by atoms with Crippen LogP contribution >= 0.6 is 0 Å². The zero-order valence-corrected chi connectivity index (χ0v) is 11.3. The van der Waals surface area contributed by atoms with E-state index in [1.54, 1.807) is 0 Å². The Balaban J connectivity index is 2.30. The van der Waals surface area contributed by atoms with Gasteiger partial charge in [0.05, 0.1) is 5.92 Å². The number of imide groups is 1. The molecule has 18 heavy (non-hydrogen) atoms. The van der Waals surface area contributed by atoms with Gasteiger partial charge in [-0.3, -0.25) is 14.6 Å². The monoisotopic (exact) mass is 250 g/mol. The smallest absolute Gasteiger partial charge is 0.297 e. The molecule has 0 aromatic carbocycles. The number of rotatable bonds is 4. The van der Waals surface area contributed by atoms with Gasteiger partial charge >= 0.3 is 6.03 Å². The molecule has 4 nitrogen and oxygen atoms in total. The predicted molar refractivity (Wildman–Crippen MR) is 69.8 cm³/mol. The molecule has 0 radical (unpaired) electrons. The van der Waals surface area contributed by atoms with Crippen LogP contribution in [-0.2, 0) is 4.79 Å². The molecule has 2 rings (SSSR count). The summed E-state index contributed by atoms with van der Waals surface area (Å²) in [5.74, 6) is -0.0605. The molecule has 100 valence electrons. The summed E-state index contributed by atoms with van der Waals surface area (Å²) in [6.45, 7) is 5.32. The SMILES string of the molecule is CCCN1C(=O)C2CCCC=C2N(CCC)C1=O. The normalized spacial score (nSPS) is 24.1. The first kappa shape index (κ1) is 13.1. The van der Waals surface area contributed by atoms with Crippen molar-refractivity contribution >= 4 is 11.9 Å². The molecule has 1 saturated heterocycles. The first-order valence-electron chi connectivity index (χ1n) is 7.03. The van der Waals surface area contributed by atoms with Crippen LogP contribution in [0.25, 0.3) is 0 Å². The van der Waals surface area contributed by atoms with E-state index in [0.717, 1.165) is 37.8 Å². The summed E-state index contributed by atoms with van der Waals surface area (Å²) in [6, 6.07) is -0.117. The van der Waals surface area contributed by atoms with Crippen LogP contribution in [-0.4, -0.2) is 34.8 Å². The predicted octanol–water partition coefficient (Wildman–Crippen LogP) is 2.75. The third-order valence-electron chi connectivity index (χ3n) is 3.64. The average Bonchev–Trinajstić information content (AvgIpc) is 2.39. The van der Waals surface area contributed by atoms with Crippen molar-refractivity contribution in [1.82, 2.24) is 9.80 Å². The van der Waals surface area contributed by atoms with Gasteiger partial charge in [-0.05, 0) is 32.1 Å². The van der Waals surface area contributed by atoms with Gasteiger partial charge in [0.1, 0.15) is 0 Å². The molecule has 2 aliphatic rings. The van der Waals surface area contributed by atoms with E-state index in [4.69, 9.17) is 0 Å². The van der Waals surface area contributed by atoms with Crippen molar-refractivity contribution in [2.24, 2.45) is 5.92 Å². The van der Waals surface area contributed by atoms with Crippen LogP contribution in [0.3, 0.4) is 0 Å². The summed E-state index contributed by atoms with van der Waals surface area (Å²) < 4.78 is 0. The van der Waals surface area contributed by atoms with Crippen molar-refractivity contribution < 1.29 is 9.59 Å². The van der Waals surface area contributed by atoms with E-state index in [1.807, 2.05) is 11.8 Å². The van der Waals surface area contributed by atoms with Gasteiger partial charge in [0.15, 0.2) is 0 Å². The Morgan fingerprint density at radius 2 is 1.83 bits per heavy atom. The lowest BCUT2D eigenvalue weighted by molar-refractivity contribution is -0.134. The molecule has 0 aromatic heterocycles. The van der Waals surface area contributed by atoms with E-state index in [1.165, 1.54) is 4.90 Å². The molecule has 1 aliphatic carbocycles. The Bertz CT molecular complexity index is 376. The number of allylic oxidation sites excluding steroid dienone is 1. The van der Waals surface area contributed by atoms with E-state index in [-0.39, 0.29) is 17.9 Å². The standard InChI is InChI=1S/C14H22N2O2/c1-3-9-15-12-8-6-5-7-11(12)13(17)16(10-4-2)14(15)18/h8,11H,3-7,9-10H2,1-2H3. The first-order valence-corrected chi connectivity index (χ1v) is 7.03. The maximum Gasteiger partial charge on any atom is 0.330 e. The van der Waals surface area contributed by atoms with Gasteiger partial charge in [0.2, 0.25) is 5.91 Å². The van der Waals surface area contributed by atoms with Crippen LogP contribution < -0.4 is 0 Å². The van der Waals surface area contributed by atoms with Crippen molar-refractivity contribution in [3.63, 3.8) is 0 Å². The molecule has 1 atom stereocenters. The lowest BCUT2D eigenvalue weighted by atomic mass is 9.88. The summed E-state index contributed by atoms with van der Waals surface area (Å²) >= 11 is 0. The summed E-state index contributed by atoms with van der Waals surface area (Å²) in [5.41, 5.74) is 0.963. The summed E-state index contributed by atoms with van der Waals surface area (Å²) in [4.78, 5) is 28.0. The summed E-state index contributed by atoms with van der Waals surface area (Å²) in [7, 11) is 0. The largest absolute Gasteiger partial charge is 0.330 e. The molecule has 1 heterocycles. The van der Waals surface area contributed by atoms with Crippen LogP contribution in [0.1, 0.15) is 46.0 Å². The molecule has 0 aromatic rings. The van der Waals surface area contributed by atoms with E-state index in [0.29, 0.717) is 13.1 Å².